The number of benzene rings is 3. The van der Waals surface area contributed by atoms with Crippen molar-refractivity contribution in [2.75, 3.05) is 0 Å². The molecule has 0 aliphatic carbocycles. The number of rotatable bonds is 6. The second kappa shape index (κ2) is 8.82. The molecule has 2 nitrogen and oxygen atoms in total. The van der Waals surface area contributed by atoms with Gasteiger partial charge in [-0.05, 0) is 0 Å². The molecule has 0 spiro atoms. The van der Waals surface area contributed by atoms with E-state index in [4.69, 9.17) is 0 Å². The molecule has 1 atom stereocenters. The van der Waals surface area contributed by atoms with E-state index in [2.05, 4.69) is 45.0 Å². The summed E-state index contributed by atoms with van der Waals surface area (Å²) in [6, 6.07) is 25.1. The predicted molar refractivity (Wildman–Crippen MR) is 125 cm³/mol. The van der Waals surface area contributed by atoms with E-state index in [0.29, 0.717) is 6.54 Å². The zero-order valence-electron chi connectivity index (χ0n) is 18.1. The summed E-state index contributed by atoms with van der Waals surface area (Å²) in [5, 5.41) is 0.795. The summed E-state index contributed by atoms with van der Waals surface area (Å²) < 4.78 is 14.9. The normalized spacial score (nSPS) is 18.7. The fourth-order valence-corrected chi connectivity index (χ4v) is 6.31. The third kappa shape index (κ3) is 4.37. The van der Waals surface area contributed by atoms with Gasteiger partial charge in [-0.1, -0.05) is 0 Å². The fraction of sp³-hybridized carbons (Fsp3) is 0.222. The first-order valence-corrected chi connectivity index (χ1v) is 12.5. The zero-order chi connectivity index (χ0) is 22.0. The van der Waals surface area contributed by atoms with Crippen molar-refractivity contribution < 1.29 is 9.18 Å². The summed E-state index contributed by atoms with van der Waals surface area (Å²) >= 11 is 0.177. The number of hydrogen-bond donors (Lipinski definition) is 0. The van der Waals surface area contributed by atoms with Gasteiger partial charge in [-0.3, -0.25) is 0 Å². The molecule has 0 N–H and O–H groups in total. The number of carbonyl (C=O) groups is 1. The van der Waals surface area contributed by atoms with Crippen LogP contribution in [0.25, 0.3) is 5.70 Å². The molecular weight excluding hydrogens is 452 g/mol. The number of amides is 1. The van der Waals surface area contributed by atoms with Crippen molar-refractivity contribution in [3.63, 3.8) is 0 Å². The Morgan fingerprint density at radius 3 is 2.19 bits per heavy atom. The van der Waals surface area contributed by atoms with E-state index in [1.54, 1.807) is 12.1 Å². The molecule has 1 aliphatic heterocycles. The summed E-state index contributed by atoms with van der Waals surface area (Å²) in [5.41, 5.74) is 4.62. The van der Waals surface area contributed by atoms with Crippen molar-refractivity contribution in [2.24, 2.45) is 5.41 Å². The monoisotopic (exact) mass is 479 g/mol. The van der Waals surface area contributed by atoms with Crippen molar-refractivity contribution in [1.82, 2.24) is 4.90 Å². The van der Waals surface area contributed by atoms with Crippen molar-refractivity contribution in [1.29, 1.82) is 0 Å². The molecule has 158 valence electrons. The maximum atomic E-state index is 13.8. The molecule has 0 saturated carbocycles. The summed E-state index contributed by atoms with van der Waals surface area (Å²) in [5.74, 6) is -0.145. The average Bonchev–Trinajstić information content (AvgIpc) is 2.96. The van der Waals surface area contributed by atoms with Gasteiger partial charge in [0.1, 0.15) is 0 Å². The Morgan fingerprint density at radius 1 is 0.903 bits per heavy atom. The first-order valence-electron chi connectivity index (χ1n) is 10.4. The molecule has 3 aromatic rings. The van der Waals surface area contributed by atoms with Gasteiger partial charge in [0.15, 0.2) is 0 Å². The van der Waals surface area contributed by atoms with Gasteiger partial charge in [0.2, 0.25) is 0 Å². The number of carbonyl (C=O) groups excluding carboxylic acids is 1. The van der Waals surface area contributed by atoms with Crippen LogP contribution >= 0.6 is 0 Å². The van der Waals surface area contributed by atoms with Gasteiger partial charge >= 0.3 is 190 Å². The number of nitrogens with zero attached hydrogens (tertiary/aromatic N) is 1. The van der Waals surface area contributed by atoms with Crippen molar-refractivity contribution in [2.45, 2.75) is 32.6 Å². The molecule has 1 amide bonds. The predicted octanol–water partition coefficient (Wildman–Crippen LogP) is 5.36. The van der Waals surface area contributed by atoms with Crippen molar-refractivity contribution >= 4 is 31.0 Å². The molecule has 0 bridgehead atoms. The van der Waals surface area contributed by atoms with E-state index in [1.165, 1.54) is 22.2 Å². The summed E-state index contributed by atoms with van der Waals surface area (Å²) in [6.45, 7) is 6.72. The van der Waals surface area contributed by atoms with E-state index in [-0.39, 0.29) is 26.7 Å². The maximum absolute atomic E-state index is 13.8. The Bertz CT molecular complexity index is 1110. The Morgan fingerprint density at radius 2 is 1.55 bits per heavy atom. The molecule has 1 heterocycles. The molecule has 4 heteroatoms. The average molecular weight is 478 g/mol. The minimum atomic E-state index is -0.566. The van der Waals surface area contributed by atoms with Crippen LogP contribution in [0.4, 0.5) is 4.39 Å². The van der Waals surface area contributed by atoms with Crippen LogP contribution in [0.15, 0.2) is 84.4 Å². The SMILES string of the molecule is CC1=C(c2ccc(F)cc2)N(Cc2ccccc2)C(=O)C1(C)C[Se]c1ccc(C)cc1. The number of halogens is 1. The van der Waals surface area contributed by atoms with Crippen LogP contribution in [-0.2, 0) is 11.3 Å². The topological polar surface area (TPSA) is 20.3 Å². The van der Waals surface area contributed by atoms with Crippen LogP contribution in [0, 0.1) is 18.2 Å². The van der Waals surface area contributed by atoms with E-state index in [0.717, 1.165) is 27.7 Å². The van der Waals surface area contributed by atoms with Gasteiger partial charge in [-0.15, -0.1) is 0 Å². The zero-order valence-corrected chi connectivity index (χ0v) is 19.8. The van der Waals surface area contributed by atoms with Gasteiger partial charge in [0, 0.05) is 0 Å². The minimum absolute atomic E-state index is 0.127. The van der Waals surface area contributed by atoms with Gasteiger partial charge in [0.25, 0.3) is 0 Å². The Hall–Kier alpha value is -2.68. The van der Waals surface area contributed by atoms with Crippen LogP contribution in [0.2, 0.25) is 5.32 Å². The fourth-order valence-electron chi connectivity index (χ4n) is 3.95. The van der Waals surface area contributed by atoms with Crippen LogP contribution in [0.5, 0.6) is 0 Å². The summed E-state index contributed by atoms with van der Waals surface area (Å²) in [4.78, 5) is 15.7. The molecule has 0 saturated heterocycles. The molecule has 4 rings (SSSR count). The van der Waals surface area contributed by atoms with Gasteiger partial charge < -0.3 is 0 Å². The standard InChI is InChI=1S/C27H26FNOSe/c1-19-9-15-24(16-10-19)31-18-27(3)20(2)25(22-11-13-23(28)14-12-22)29(26(27)30)17-21-7-5-4-6-8-21/h4-16H,17-18H2,1-3H3. The second-order valence-electron chi connectivity index (χ2n) is 8.29. The quantitative estimate of drug-likeness (QED) is 0.437. The number of aryl methyl sites for hydroxylation is 1. The van der Waals surface area contributed by atoms with Crippen LogP contribution in [-0.4, -0.2) is 25.8 Å². The molecule has 0 aromatic heterocycles. The van der Waals surface area contributed by atoms with E-state index in [9.17, 15) is 9.18 Å². The van der Waals surface area contributed by atoms with Gasteiger partial charge in [-0.25, -0.2) is 0 Å². The molecule has 0 radical (unpaired) electrons. The van der Waals surface area contributed by atoms with Crippen LogP contribution in [0.1, 0.15) is 30.5 Å². The van der Waals surface area contributed by atoms with E-state index >= 15 is 0 Å². The molecule has 1 aliphatic rings. The third-order valence-electron chi connectivity index (χ3n) is 6.02. The molecule has 31 heavy (non-hydrogen) atoms. The first kappa shape index (κ1) is 21.5. The second-order valence-corrected chi connectivity index (χ2v) is 10.5. The third-order valence-corrected chi connectivity index (χ3v) is 8.80. The summed E-state index contributed by atoms with van der Waals surface area (Å²) in [7, 11) is 0. The molecular formula is C27H26FNOSe. The molecule has 0 fully saturated rings. The van der Waals surface area contributed by atoms with E-state index in [1.807, 2.05) is 35.2 Å². The van der Waals surface area contributed by atoms with Crippen molar-refractivity contribution in [3.05, 3.63) is 107 Å². The van der Waals surface area contributed by atoms with Gasteiger partial charge in [-0.2, -0.15) is 0 Å². The Kier molecular flexibility index (Phi) is 6.13. The van der Waals surface area contributed by atoms with Crippen molar-refractivity contribution in [3.8, 4) is 0 Å². The van der Waals surface area contributed by atoms with Crippen LogP contribution < -0.4 is 4.46 Å². The first-order chi connectivity index (χ1) is 14.9. The number of hydrogen-bond acceptors (Lipinski definition) is 1. The molecule has 3 aromatic carbocycles. The Labute approximate surface area is 190 Å². The molecule has 1 unspecified atom stereocenters. The van der Waals surface area contributed by atoms with Gasteiger partial charge in [0.05, 0.1) is 0 Å². The summed E-state index contributed by atoms with van der Waals surface area (Å²) in [6.07, 6.45) is 0. The van der Waals surface area contributed by atoms with Crippen LogP contribution in [0.3, 0.4) is 0 Å². The Balaban J connectivity index is 1.70. The van der Waals surface area contributed by atoms with E-state index < -0.39 is 5.41 Å².